The summed E-state index contributed by atoms with van der Waals surface area (Å²) in [6.07, 6.45) is 4.80. The van der Waals surface area contributed by atoms with E-state index in [2.05, 4.69) is 32.2 Å². The van der Waals surface area contributed by atoms with Gasteiger partial charge in [-0.2, -0.15) is 10.2 Å². The summed E-state index contributed by atoms with van der Waals surface area (Å²) in [5.41, 5.74) is 3.83. The normalized spacial score (nSPS) is 12.6. The van der Waals surface area contributed by atoms with Crippen LogP contribution in [0.25, 0.3) is 5.69 Å². The third-order valence-corrected chi connectivity index (χ3v) is 6.60. The summed E-state index contributed by atoms with van der Waals surface area (Å²) in [4.78, 5) is 17.6. The van der Waals surface area contributed by atoms with Crippen LogP contribution in [0.15, 0.2) is 42.3 Å². The Bertz CT molecular complexity index is 1400. The monoisotopic (exact) mass is 481 g/mol. The molecule has 0 unspecified atom stereocenters. The van der Waals surface area contributed by atoms with Gasteiger partial charge in [-0.05, 0) is 55.7 Å². The Morgan fingerprint density at radius 3 is 2.94 bits per heavy atom. The molecule has 1 aliphatic carbocycles. The van der Waals surface area contributed by atoms with E-state index in [4.69, 9.17) is 12.2 Å². The van der Waals surface area contributed by atoms with Crippen molar-refractivity contribution in [1.29, 1.82) is 0 Å². The van der Waals surface area contributed by atoms with Gasteiger partial charge in [0.25, 0.3) is 5.91 Å². The van der Waals surface area contributed by atoms with Crippen LogP contribution in [0.2, 0.25) is 0 Å². The van der Waals surface area contributed by atoms with Crippen LogP contribution >= 0.6 is 23.6 Å². The maximum atomic E-state index is 13.3. The molecule has 1 aliphatic rings. The first-order valence-electron chi connectivity index (χ1n) is 10.4. The molecule has 1 amide bonds. The fraction of sp³-hybridized carbons (Fsp3) is 0.227. The molecule has 0 atom stereocenters. The number of aromatic amines is 1. The lowest BCUT2D eigenvalue weighted by Crippen LogP contribution is -2.15. The van der Waals surface area contributed by atoms with Gasteiger partial charge in [-0.3, -0.25) is 19.8 Å². The number of nitrogens with zero attached hydrogens (tertiary/aromatic N) is 5. The molecule has 11 heteroatoms. The predicted molar refractivity (Wildman–Crippen MR) is 126 cm³/mol. The summed E-state index contributed by atoms with van der Waals surface area (Å²) in [5.74, 6) is 0.136. The largest absolute Gasteiger partial charge is 0.300 e. The number of fused-ring (bicyclic) bond motifs is 1. The topological polar surface area (TPSA) is 93.4 Å². The van der Waals surface area contributed by atoms with Crippen LogP contribution < -0.4 is 5.32 Å². The summed E-state index contributed by atoms with van der Waals surface area (Å²) in [6.45, 7) is 4.30. The number of H-pyrrole nitrogens is 1. The van der Waals surface area contributed by atoms with Crippen molar-refractivity contribution in [2.24, 2.45) is 0 Å². The summed E-state index contributed by atoms with van der Waals surface area (Å²) in [5, 5.41) is 16.9. The van der Waals surface area contributed by atoms with Crippen LogP contribution in [0.5, 0.6) is 0 Å². The average Bonchev–Trinajstić information content (AvgIpc) is 3.57. The van der Waals surface area contributed by atoms with Gasteiger partial charge >= 0.3 is 0 Å². The molecule has 0 saturated heterocycles. The van der Waals surface area contributed by atoms with Crippen molar-refractivity contribution >= 4 is 34.6 Å². The Labute approximate surface area is 197 Å². The number of halogens is 1. The minimum Gasteiger partial charge on any atom is -0.300 e. The molecular weight excluding hydrogens is 461 g/mol. The number of hydrogen-bond acceptors (Lipinski definition) is 6. The summed E-state index contributed by atoms with van der Waals surface area (Å²) in [6, 6.07) is 6.11. The number of thiazole rings is 1. The number of carbonyl (C=O) groups is 1. The second kappa shape index (κ2) is 8.83. The third kappa shape index (κ3) is 4.16. The van der Waals surface area contributed by atoms with E-state index < -0.39 is 0 Å². The molecule has 8 nitrogen and oxygen atoms in total. The summed E-state index contributed by atoms with van der Waals surface area (Å²) in [7, 11) is 0. The molecule has 168 valence electrons. The van der Waals surface area contributed by atoms with Gasteiger partial charge in [-0.25, -0.2) is 14.1 Å². The van der Waals surface area contributed by atoms with Crippen LogP contribution in [0.4, 0.5) is 9.52 Å². The van der Waals surface area contributed by atoms with Crippen LogP contribution in [0, 0.1) is 10.6 Å². The summed E-state index contributed by atoms with van der Waals surface area (Å²) < 4.78 is 17.5. The van der Waals surface area contributed by atoms with Crippen molar-refractivity contribution < 1.29 is 9.18 Å². The van der Waals surface area contributed by atoms with Crippen molar-refractivity contribution in [3.8, 4) is 5.69 Å². The first-order valence-corrected chi connectivity index (χ1v) is 11.7. The van der Waals surface area contributed by atoms with E-state index in [1.165, 1.54) is 23.5 Å². The minimum absolute atomic E-state index is 0.302. The van der Waals surface area contributed by atoms with Gasteiger partial charge in [0.2, 0.25) is 0 Å². The zero-order valence-corrected chi connectivity index (χ0v) is 19.2. The molecule has 0 bridgehead atoms. The summed E-state index contributed by atoms with van der Waals surface area (Å²) >= 11 is 6.59. The van der Waals surface area contributed by atoms with Gasteiger partial charge in [0.1, 0.15) is 11.6 Å². The number of benzene rings is 1. The van der Waals surface area contributed by atoms with Gasteiger partial charge in [-0.15, -0.1) is 17.9 Å². The highest BCUT2D eigenvalue weighted by Crippen LogP contribution is 2.29. The maximum Gasteiger partial charge on any atom is 0.278 e. The van der Waals surface area contributed by atoms with Gasteiger partial charge in [0.05, 0.1) is 17.8 Å². The van der Waals surface area contributed by atoms with Gasteiger partial charge in [-0.1, -0.05) is 6.08 Å². The van der Waals surface area contributed by atoms with Gasteiger partial charge < -0.3 is 0 Å². The third-order valence-electron chi connectivity index (χ3n) is 5.48. The van der Waals surface area contributed by atoms with E-state index in [-0.39, 0.29) is 11.7 Å². The lowest BCUT2D eigenvalue weighted by atomic mass is 10.2. The predicted octanol–water partition coefficient (Wildman–Crippen LogP) is 4.24. The number of amides is 1. The molecule has 33 heavy (non-hydrogen) atoms. The van der Waals surface area contributed by atoms with Crippen LogP contribution in [-0.2, 0) is 25.8 Å². The number of hydrogen-bond donors (Lipinski definition) is 2. The molecule has 2 N–H and O–H groups in total. The number of rotatable bonds is 7. The fourth-order valence-corrected chi connectivity index (χ4v) is 4.91. The number of aromatic nitrogens is 6. The Balaban J connectivity index is 1.35. The van der Waals surface area contributed by atoms with E-state index in [0.29, 0.717) is 28.6 Å². The quantitative estimate of drug-likeness (QED) is 0.304. The molecule has 3 aromatic heterocycles. The van der Waals surface area contributed by atoms with E-state index in [9.17, 15) is 9.18 Å². The molecular formula is C22H20FN7OS2. The highest BCUT2D eigenvalue weighted by Gasteiger charge is 2.27. The highest BCUT2D eigenvalue weighted by atomic mass is 32.1. The van der Waals surface area contributed by atoms with Crippen molar-refractivity contribution in [2.45, 2.75) is 32.2 Å². The van der Waals surface area contributed by atoms with Crippen LogP contribution in [0.1, 0.15) is 39.7 Å². The molecule has 0 spiro atoms. The Morgan fingerprint density at radius 1 is 1.33 bits per heavy atom. The molecule has 0 aliphatic heterocycles. The minimum atomic E-state index is -0.311. The Morgan fingerprint density at radius 2 is 2.15 bits per heavy atom. The fourth-order valence-electron chi connectivity index (χ4n) is 3.98. The zero-order chi connectivity index (χ0) is 22.9. The lowest BCUT2D eigenvalue weighted by molar-refractivity contribution is 0.102. The molecule has 0 radical (unpaired) electrons. The number of nitrogens with one attached hydrogen (secondary N) is 2. The molecule has 0 fully saturated rings. The van der Waals surface area contributed by atoms with E-state index >= 15 is 0 Å². The standard InChI is InChI=1S/C22H20FN7OS2/c1-2-10-29-18(26-27-22(29)32)11-14-12-33-21(24-14)25-20(31)19-16-4-3-5-17(16)30(28-19)15-8-6-13(23)7-9-15/h2,6-9,12H,1,3-5,10-11H2,(H,27,32)(H,24,25,31). The second-order valence-electron chi connectivity index (χ2n) is 7.63. The van der Waals surface area contributed by atoms with Crippen LogP contribution in [0.3, 0.4) is 0 Å². The molecule has 3 heterocycles. The number of allylic oxidation sites excluding steroid dienone is 1. The van der Waals surface area contributed by atoms with Crippen molar-refractivity contribution in [1.82, 2.24) is 29.5 Å². The SMILES string of the molecule is C=CCn1c(Cc2csc(NC(=O)c3nn(-c4ccc(F)cc4)c4c3CCC4)n2)n[nH]c1=S. The zero-order valence-electron chi connectivity index (χ0n) is 17.5. The van der Waals surface area contributed by atoms with Crippen molar-refractivity contribution in [3.63, 3.8) is 0 Å². The van der Waals surface area contributed by atoms with Crippen molar-refractivity contribution in [2.75, 3.05) is 5.32 Å². The Hall–Kier alpha value is -3.44. The second-order valence-corrected chi connectivity index (χ2v) is 8.88. The average molecular weight is 482 g/mol. The van der Waals surface area contributed by atoms with Gasteiger partial charge in [0, 0.05) is 23.2 Å². The number of carbonyl (C=O) groups excluding carboxylic acids is 1. The first-order chi connectivity index (χ1) is 16.0. The van der Waals surface area contributed by atoms with Crippen molar-refractivity contribution in [3.05, 3.63) is 81.4 Å². The highest BCUT2D eigenvalue weighted by molar-refractivity contribution is 7.71. The Kier molecular flexibility index (Phi) is 5.73. The first kappa shape index (κ1) is 21.4. The number of anilines is 1. The van der Waals surface area contributed by atoms with E-state index in [1.807, 2.05) is 9.95 Å². The smallest absolute Gasteiger partial charge is 0.278 e. The van der Waals surface area contributed by atoms with Crippen LogP contribution in [-0.4, -0.2) is 35.4 Å². The van der Waals surface area contributed by atoms with Gasteiger partial charge in [0.15, 0.2) is 15.6 Å². The molecule has 4 aromatic rings. The maximum absolute atomic E-state index is 13.3. The molecule has 0 saturated carbocycles. The molecule has 5 rings (SSSR count). The lowest BCUT2D eigenvalue weighted by Gasteiger charge is -2.05. The van der Waals surface area contributed by atoms with E-state index in [1.54, 1.807) is 22.9 Å². The molecule has 1 aromatic carbocycles. The van der Waals surface area contributed by atoms with E-state index in [0.717, 1.165) is 47.7 Å².